The SMILES string of the molecule is COC1CN(C(=O)c2cc(C)ccc2C)CC1Oc1cccc(CS(=O)(=O)N2CCCC2)c1. The molecule has 1 amide bonds. The highest BCUT2D eigenvalue weighted by Gasteiger charge is 2.38. The zero-order valence-corrected chi connectivity index (χ0v) is 20.3. The zero-order chi connectivity index (χ0) is 23.6. The first kappa shape index (κ1) is 23.7. The van der Waals surface area contributed by atoms with Crippen molar-refractivity contribution in [2.45, 2.75) is 44.6 Å². The standard InChI is InChI=1S/C25H32N2O5S/c1-18-9-10-19(2)22(13-18)25(28)26-15-23(31-3)24(16-26)32-21-8-6-7-20(14-21)17-33(29,30)27-11-4-5-12-27/h6-10,13-14,23-24H,4-5,11-12,15-17H2,1-3H3. The van der Waals surface area contributed by atoms with Crippen molar-refractivity contribution in [1.82, 2.24) is 9.21 Å². The molecule has 2 aromatic carbocycles. The molecule has 2 fully saturated rings. The van der Waals surface area contributed by atoms with Gasteiger partial charge in [-0.1, -0.05) is 29.8 Å². The minimum absolute atomic E-state index is 0.0326. The molecule has 0 saturated carbocycles. The number of carbonyl (C=O) groups is 1. The molecular weight excluding hydrogens is 440 g/mol. The molecule has 0 radical (unpaired) electrons. The van der Waals surface area contributed by atoms with Crippen molar-refractivity contribution >= 4 is 15.9 Å². The van der Waals surface area contributed by atoms with Crippen LogP contribution in [-0.2, 0) is 20.5 Å². The van der Waals surface area contributed by atoms with Gasteiger partial charge in [-0.05, 0) is 56.0 Å². The van der Waals surface area contributed by atoms with E-state index in [4.69, 9.17) is 9.47 Å². The van der Waals surface area contributed by atoms with Crippen molar-refractivity contribution < 1.29 is 22.7 Å². The van der Waals surface area contributed by atoms with E-state index in [0.29, 0.717) is 43.1 Å². The lowest BCUT2D eigenvalue weighted by Gasteiger charge is -2.20. The third-order valence-electron chi connectivity index (χ3n) is 6.42. The zero-order valence-electron chi connectivity index (χ0n) is 19.5. The van der Waals surface area contributed by atoms with Gasteiger partial charge in [0.2, 0.25) is 10.0 Å². The number of sulfonamides is 1. The summed E-state index contributed by atoms with van der Waals surface area (Å²) in [5.74, 6) is 0.506. The largest absolute Gasteiger partial charge is 0.486 e. The maximum atomic E-state index is 13.2. The molecule has 2 unspecified atom stereocenters. The average molecular weight is 473 g/mol. The fraction of sp³-hybridized carbons (Fsp3) is 0.480. The van der Waals surface area contributed by atoms with Crippen LogP contribution >= 0.6 is 0 Å². The van der Waals surface area contributed by atoms with E-state index in [1.165, 1.54) is 0 Å². The molecular formula is C25H32N2O5S. The maximum Gasteiger partial charge on any atom is 0.254 e. The van der Waals surface area contributed by atoms with E-state index >= 15 is 0 Å². The van der Waals surface area contributed by atoms with Gasteiger partial charge in [-0.15, -0.1) is 0 Å². The minimum Gasteiger partial charge on any atom is -0.486 e. The molecule has 2 saturated heterocycles. The number of ether oxygens (including phenoxy) is 2. The van der Waals surface area contributed by atoms with Crippen molar-refractivity contribution in [3.05, 3.63) is 64.7 Å². The summed E-state index contributed by atoms with van der Waals surface area (Å²) in [6, 6.07) is 13.1. The van der Waals surface area contributed by atoms with Gasteiger partial charge >= 0.3 is 0 Å². The number of likely N-dealkylation sites (tertiary alicyclic amines) is 1. The molecule has 178 valence electrons. The molecule has 7 nitrogen and oxygen atoms in total. The molecule has 0 N–H and O–H groups in total. The second kappa shape index (κ2) is 9.83. The van der Waals surface area contributed by atoms with Crippen molar-refractivity contribution in [1.29, 1.82) is 0 Å². The number of hydrogen-bond donors (Lipinski definition) is 0. The molecule has 4 rings (SSSR count). The molecule has 0 bridgehead atoms. The van der Waals surface area contributed by atoms with Gasteiger partial charge in [0, 0.05) is 25.8 Å². The summed E-state index contributed by atoms with van der Waals surface area (Å²) in [5.41, 5.74) is 3.37. The highest BCUT2D eigenvalue weighted by molar-refractivity contribution is 7.88. The van der Waals surface area contributed by atoms with Gasteiger partial charge in [-0.2, -0.15) is 0 Å². The van der Waals surface area contributed by atoms with E-state index in [1.807, 2.05) is 38.1 Å². The normalized spacial score (nSPS) is 21.5. The number of carbonyl (C=O) groups excluding carboxylic acids is 1. The Hall–Kier alpha value is -2.42. The van der Waals surface area contributed by atoms with Crippen molar-refractivity contribution in [3.8, 4) is 5.75 Å². The van der Waals surface area contributed by atoms with Gasteiger partial charge in [0.05, 0.1) is 18.8 Å². The second-order valence-electron chi connectivity index (χ2n) is 8.97. The van der Waals surface area contributed by atoms with Crippen LogP contribution in [0, 0.1) is 13.8 Å². The molecule has 2 atom stereocenters. The van der Waals surface area contributed by atoms with E-state index in [-0.39, 0.29) is 23.9 Å². The van der Waals surface area contributed by atoms with Crippen LogP contribution in [0.4, 0.5) is 0 Å². The predicted molar refractivity (Wildman–Crippen MR) is 127 cm³/mol. The van der Waals surface area contributed by atoms with Crippen LogP contribution in [0.25, 0.3) is 0 Å². The van der Waals surface area contributed by atoms with Crippen LogP contribution in [0.2, 0.25) is 0 Å². The number of rotatable bonds is 7. The van der Waals surface area contributed by atoms with Crippen LogP contribution in [0.15, 0.2) is 42.5 Å². The highest BCUT2D eigenvalue weighted by atomic mass is 32.2. The smallest absolute Gasteiger partial charge is 0.254 e. The van der Waals surface area contributed by atoms with E-state index in [9.17, 15) is 13.2 Å². The topological polar surface area (TPSA) is 76.1 Å². The summed E-state index contributed by atoms with van der Waals surface area (Å²) in [5, 5.41) is 0. The van der Waals surface area contributed by atoms with Crippen molar-refractivity contribution in [2.24, 2.45) is 0 Å². The Morgan fingerprint density at radius 3 is 2.48 bits per heavy atom. The maximum absolute atomic E-state index is 13.2. The third kappa shape index (κ3) is 5.39. The lowest BCUT2D eigenvalue weighted by atomic mass is 10.0. The van der Waals surface area contributed by atoms with E-state index in [2.05, 4.69) is 0 Å². The number of nitrogens with zero attached hydrogens (tertiary/aromatic N) is 2. The Morgan fingerprint density at radius 1 is 1.03 bits per heavy atom. The van der Waals surface area contributed by atoms with Crippen LogP contribution in [0.3, 0.4) is 0 Å². The highest BCUT2D eigenvalue weighted by Crippen LogP contribution is 2.25. The number of methoxy groups -OCH3 is 1. The molecule has 8 heteroatoms. The summed E-state index contributed by atoms with van der Waals surface area (Å²) in [6.45, 7) is 5.95. The van der Waals surface area contributed by atoms with E-state index in [0.717, 1.165) is 24.0 Å². The first-order chi connectivity index (χ1) is 15.8. The summed E-state index contributed by atoms with van der Waals surface area (Å²) in [6.07, 6.45) is 1.23. The summed E-state index contributed by atoms with van der Waals surface area (Å²) < 4.78 is 38.8. The summed E-state index contributed by atoms with van der Waals surface area (Å²) in [4.78, 5) is 14.9. The van der Waals surface area contributed by atoms with E-state index in [1.54, 1.807) is 34.5 Å². The molecule has 2 aliphatic heterocycles. The first-order valence-electron chi connectivity index (χ1n) is 11.4. The van der Waals surface area contributed by atoms with E-state index < -0.39 is 10.0 Å². The lowest BCUT2D eigenvalue weighted by molar-refractivity contribution is 0.0339. The van der Waals surface area contributed by atoms with Crippen molar-refractivity contribution in [2.75, 3.05) is 33.3 Å². The molecule has 0 aromatic heterocycles. The Kier molecular flexibility index (Phi) is 7.07. The second-order valence-corrected chi connectivity index (χ2v) is 10.9. The van der Waals surface area contributed by atoms with Crippen molar-refractivity contribution in [3.63, 3.8) is 0 Å². The van der Waals surface area contributed by atoms with Gasteiger partial charge in [0.1, 0.15) is 18.0 Å². The van der Waals surface area contributed by atoms with Crippen LogP contribution < -0.4 is 4.74 Å². The monoisotopic (exact) mass is 472 g/mol. The molecule has 33 heavy (non-hydrogen) atoms. The quantitative estimate of drug-likeness (QED) is 0.619. The number of benzene rings is 2. The predicted octanol–water partition coefficient (Wildman–Crippen LogP) is 3.15. The molecule has 2 heterocycles. The Bertz CT molecular complexity index is 1110. The van der Waals surface area contributed by atoms with Gasteiger partial charge in [-0.3, -0.25) is 4.79 Å². The number of amides is 1. The first-order valence-corrected chi connectivity index (χ1v) is 13.0. The third-order valence-corrected chi connectivity index (χ3v) is 8.27. The Labute approximate surface area is 196 Å². The number of hydrogen-bond acceptors (Lipinski definition) is 5. The van der Waals surface area contributed by atoms with Gasteiger partial charge in [-0.25, -0.2) is 12.7 Å². The molecule has 2 aromatic rings. The minimum atomic E-state index is -3.33. The molecule has 2 aliphatic rings. The fourth-order valence-electron chi connectivity index (χ4n) is 4.54. The number of aryl methyl sites for hydroxylation is 2. The van der Waals surface area contributed by atoms with Gasteiger partial charge in [0.25, 0.3) is 5.91 Å². The summed E-state index contributed by atoms with van der Waals surface area (Å²) >= 11 is 0. The van der Waals surface area contributed by atoms with Gasteiger partial charge < -0.3 is 14.4 Å². The summed E-state index contributed by atoms with van der Waals surface area (Å²) in [7, 11) is -1.71. The Balaban J connectivity index is 1.45. The van der Waals surface area contributed by atoms with Crippen LogP contribution in [0.1, 0.15) is 39.9 Å². The molecule has 0 spiro atoms. The van der Waals surface area contributed by atoms with Gasteiger partial charge in [0.15, 0.2) is 0 Å². The average Bonchev–Trinajstić information content (AvgIpc) is 3.46. The Morgan fingerprint density at radius 2 is 1.76 bits per heavy atom. The lowest BCUT2D eigenvalue weighted by Crippen LogP contribution is -2.32. The fourth-order valence-corrected chi connectivity index (χ4v) is 6.14. The van der Waals surface area contributed by atoms with Crippen LogP contribution in [-0.4, -0.2) is 69.0 Å². The van der Waals surface area contributed by atoms with Crippen LogP contribution in [0.5, 0.6) is 5.75 Å². The molecule has 0 aliphatic carbocycles.